The first-order valence-corrected chi connectivity index (χ1v) is 7.18. The summed E-state index contributed by atoms with van der Waals surface area (Å²) in [6.45, 7) is 3.74. The fourth-order valence-electron chi connectivity index (χ4n) is 2.53. The van der Waals surface area contributed by atoms with E-state index < -0.39 is 6.04 Å². The molecule has 2 aliphatic heterocycles. The predicted molar refractivity (Wildman–Crippen MR) is 77.1 cm³/mol. The van der Waals surface area contributed by atoms with Crippen LogP contribution in [0.15, 0.2) is 24.3 Å². The average molecular weight is 289 g/mol. The molecular formula is C15H19N3O3. The Balaban J connectivity index is 1.45. The van der Waals surface area contributed by atoms with Crippen molar-refractivity contribution in [3.63, 3.8) is 0 Å². The smallest absolute Gasteiger partial charge is 0.318 e. The minimum atomic E-state index is -0.394. The van der Waals surface area contributed by atoms with E-state index in [1.807, 2.05) is 31.2 Å². The molecule has 21 heavy (non-hydrogen) atoms. The topological polar surface area (TPSA) is 70.7 Å². The number of hydrogen-bond donors (Lipinski definition) is 2. The molecule has 1 atom stereocenters. The Morgan fingerprint density at radius 2 is 2.24 bits per heavy atom. The number of hydrogen-bond acceptors (Lipinski definition) is 3. The van der Waals surface area contributed by atoms with Crippen molar-refractivity contribution in [1.82, 2.24) is 15.5 Å². The number of nitrogens with zero attached hydrogens (tertiary/aromatic N) is 1. The highest BCUT2D eigenvalue weighted by molar-refractivity contribution is 5.88. The minimum absolute atomic E-state index is 0.0231. The van der Waals surface area contributed by atoms with Crippen LogP contribution in [-0.2, 0) is 4.79 Å². The summed E-state index contributed by atoms with van der Waals surface area (Å²) < 4.78 is 5.80. The maximum absolute atomic E-state index is 12.0. The van der Waals surface area contributed by atoms with Crippen molar-refractivity contribution in [2.75, 3.05) is 19.6 Å². The average Bonchev–Trinajstić information content (AvgIpc) is 2.79. The molecule has 2 heterocycles. The first-order valence-electron chi connectivity index (χ1n) is 7.18. The third-order valence-electron chi connectivity index (χ3n) is 3.77. The van der Waals surface area contributed by atoms with Crippen LogP contribution in [0.4, 0.5) is 4.79 Å². The molecule has 1 aromatic rings. The quantitative estimate of drug-likeness (QED) is 0.858. The van der Waals surface area contributed by atoms with Gasteiger partial charge in [-0.3, -0.25) is 4.79 Å². The number of likely N-dealkylation sites (tertiary alicyclic amines) is 1. The van der Waals surface area contributed by atoms with E-state index in [4.69, 9.17) is 4.74 Å². The van der Waals surface area contributed by atoms with Gasteiger partial charge < -0.3 is 20.3 Å². The van der Waals surface area contributed by atoms with Crippen molar-refractivity contribution in [2.24, 2.45) is 0 Å². The van der Waals surface area contributed by atoms with Gasteiger partial charge in [-0.25, -0.2) is 4.79 Å². The minimum Gasteiger partial charge on any atom is -0.487 e. The van der Waals surface area contributed by atoms with E-state index in [0.29, 0.717) is 26.1 Å². The van der Waals surface area contributed by atoms with Crippen LogP contribution in [-0.4, -0.2) is 48.6 Å². The molecule has 6 nitrogen and oxygen atoms in total. The van der Waals surface area contributed by atoms with Crippen LogP contribution in [0.5, 0.6) is 5.75 Å². The number of urea groups is 1. The lowest BCUT2D eigenvalue weighted by molar-refractivity contribution is -0.120. The molecule has 3 amide bonds. The third kappa shape index (κ3) is 3.09. The number of benzene rings is 1. The van der Waals surface area contributed by atoms with Gasteiger partial charge in [0.2, 0.25) is 5.91 Å². The van der Waals surface area contributed by atoms with E-state index in [1.165, 1.54) is 0 Å². The normalized spacial score (nSPS) is 21.7. The number of amides is 3. The number of ether oxygens (including phenoxy) is 1. The Morgan fingerprint density at radius 1 is 1.43 bits per heavy atom. The van der Waals surface area contributed by atoms with Crippen molar-refractivity contribution in [3.8, 4) is 5.75 Å². The van der Waals surface area contributed by atoms with Crippen LogP contribution in [0.3, 0.4) is 0 Å². The van der Waals surface area contributed by atoms with E-state index in [1.54, 1.807) is 4.90 Å². The monoisotopic (exact) mass is 289 g/mol. The van der Waals surface area contributed by atoms with Gasteiger partial charge in [-0.2, -0.15) is 0 Å². The van der Waals surface area contributed by atoms with Gasteiger partial charge in [0.1, 0.15) is 17.9 Å². The highest BCUT2D eigenvalue weighted by Crippen LogP contribution is 2.19. The fraction of sp³-hybridized carbons (Fsp3) is 0.467. The summed E-state index contributed by atoms with van der Waals surface area (Å²) in [5.41, 5.74) is 1.15. The van der Waals surface area contributed by atoms with E-state index in [2.05, 4.69) is 10.6 Å². The van der Waals surface area contributed by atoms with Gasteiger partial charge in [0, 0.05) is 6.54 Å². The van der Waals surface area contributed by atoms with Crippen molar-refractivity contribution in [1.29, 1.82) is 0 Å². The zero-order chi connectivity index (χ0) is 14.8. The molecule has 6 heteroatoms. The second kappa shape index (κ2) is 5.63. The number of carbonyl (C=O) groups excluding carboxylic acids is 2. The first-order chi connectivity index (χ1) is 10.1. The molecule has 0 bridgehead atoms. The Hall–Kier alpha value is -2.24. The van der Waals surface area contributed by atoms with Crippen LogP contribution in [0.2, 0.25) is 0 Å². The summed E-state index contributed by atoms with van der Waals surface area (Å²) in [6.07, 6.45) is 0.678. The van der Waals surface area contributed by atoms with E-state index >= 15 is 0 Å². The lowest BCUT2D eigenvalue weighted by Gasteiger charge is -2.39. The summed E-state index contributed by atoms with van der Waals surface area (Å²) in [5, 5.41) is 5.44. The molecule has 112 valence electrons. The van der Waals surface area contributed by atoms with Gasteiger partial charge in [-0.15, -0.1) is 0 Å². The summed E-state index contributed by atoms with van der Waals surface area (Å²) in [4.78, 5) is 25.0. The van der Waals surface area contributed by atoms with Gasteiger partial charge in [0.05, 0.1) is 13.1 Å². The molecule has 0 unspecified atom stereocenters. The Labute approximate surface area is 123 Å². The SMILES string of the molecule is Cc1cccc(OC2CN(C(=O)N[C@@H]3CCNC3=O)C2)c1. The molecule has 2 N–H and O–H groups in total. The molecule has 2 aliphatic rings. The van der Waals surface area contributed by atoms with Crippen LogP contribution < -0.4 is 15.4 Å². The fourth-order valence-corrected chi connectivity index (χ4v) is 2.53. The molecule has 2 fully saturated rings. The summed E-state index contributed by atoms with van der Waals surface area (Å²) in [7, 11) is 0. The summed E-state index contributed by atoms with van der Waals surface area (Å²) >= 11 is 0. The first kappa shape index (κ1) is 13.7. The van der Waals surface area contributed by atoms with Crippen LogP contribution >= 0.6 is 0 Å². The number of nitrogens with one attached hydrogen (secondary N) is 2. The maximum atomic E-state index is 12.0. The van der Waals surface area contributed by atoms with Crippen molar-refractivity contribution in [3.05, 3.63) is 29.8 Å². The lowest BCUT2D eigenvalue weighted by Crippen LogP contribution is -2.60. The standard InChI is InChI=1S/C15H19N3O3/c1-10-3-2-4-11(7-10)21-12-8-18(9-12)15(20)17-13-5-6-16-14(13)19/h2-4,7,12-13H,5-6,8-9H2,1H3,(H,16,19)(H,17,20)/t13-/m1/s1. The highest BCUT2D eigenvalue weighted by atomic mass is 16.5. The zero-order valence-corrected chi connectivity index (χ0v) is 12.0. The summed E-state index contributed by atoms with van der Waals surface area (Å²) in [6, 6.07) is 7.27. The van der Waals surface area contributed by atoms with Crippen molar-refractivity contribution in [2.45, 2.75) is 25.5 Å². The van der Waals surface area contributed by atoms with Gasteiger partial charge >= 0.3 is 6.03 Å². The van der Waals surface area contributed by atoms with Crippen molar-refractivity contribution >= 4 is 11.9 Å². The largest absolute Gasteiger partial charge is 0.487 e. The Bertz CT molecular complexity index is 555. The van der Waals surface area contributed by atoms with E-state index in [-0.39, 0.29) is 18.0 Å². The van der Waals surface area contributed by atoms with E-state index in [9.17, 15) is 9.59 Å². The molecule has 0 aromatic heterocycles. The van der Waals surface area contributed by atoms with Crippen LogP contribution in [0, 0.1) is 6.92 Å². The highest BCUT2D eigenvalue weighted by Gasteiger charge is 2.35. The molecule has 0 radical (unpaired) electrons. The van der Waals surface area contributed by atoms with Crippen LogP contribution in [0.25, 0.3) is 0 Å². The number of carbonyl (C=O) groups is 2. The molecule has 0 aliphatic carbocycles. The Kier molecular flexibility index (Phi) is 3.68. The van der Waals surface area contributed by atoms with Crippen molar-refractivity contribution < 1.29 is 14.3 Å². The molecule has 3 rings (SSSR count). The third-order valence-corrected chi connectivity index (χ3v) is 3.77. The van der Waals surface area contributed by atoms with Gasteiger partial charge in [0.25, 0.3) is 0 Å². The second-order valence-electron chi connectivity index (χ2n) is 5.54. The number of aryl methyl sites for hydroxylation is 1. The maximum Gasteiger partial charge on any atom is 0.318 e. The number of rotatable bonds is 3. The molecule has 0 saturated carbocycles. The molecule has 1 aromatic carbocycles. The van der Waals surface area contributed by atoms with Gasteiger partial charge in [0.15, 0.2) is 0 Å². The van der Waals surface area contributed by atoms with E-state index in [0.717, 1.165) is 11.3 Å². The lowest BCUT2D eigenvalue weighted by atomic mass is 10.1. The van der Waals surface area contributed by atoms with Gasteiger partial charge in [-0.05, 0) is 31.0 Å². The van der Waals surface area contributed by atoms with Crippen LogP contribution in [0.1, 0.15) is 12.0 Å². The second-order valence-corrected chi connectivity index (χ2v) is 5.54. The Morgan fingerprint density at radius 3 is 2.90 bits per heavy atom. The zero-order valence-electron chi connectivity index (χ0n) is 12.0. The molecule has 0 spiro atoms. The van der Waals surface area contributed by atoms with Gasteiger partial charge in [-0.1, -0.05) is 12.1 Å². The predicted octanol–water partition coefficient (Wildman–Crippen LogP) is 0.656. The summed E-state index contributed by atoms with van der Waals surface area (Å²) in [5.74, 6) is 0.728. The molecular weight excluding hydrogens is 270 g/mol. The molecule has 2 saturated heterocycles.